The third-order valence-corrected chi connectivity index (χ3v) is 4.15. The molecule has 0 spiro atoms. The number of carbonyl (C=O) groups excluding carboxylic acids is 1. The summed E-state index contributed by atoms with van der Waals surface area (Å²) < 4.78 is 5.01. The zero-order valence-electron chi connectivity index (χ0n) is 16.3. The highest BCUT2D eigenvalue weighted by Gasteiger charge is 2.12. The van der Waals surface area contributed by atoms with Gasteiger partial charge >= 0.3 is 5.97 Å². The van der Waals surface area contributed by atoms with Gasteiger partial charge in [0.1, 0.15) is 5.82 Å². The summed E-state index contributed by atoms with van der Waals surface area (Å²) in [4.78, 5) is 23.1. The molecule has 0 aliphatic rings. The van der Waals surface area contributed by atoms with Crippen LogP contribution in [0.4, 0.5) is 23.1 Å². The Hall–Kier alpha value is -3.41. The van der Waals surface area contributed by atoms with Gasteiger partial charge in [-0.25, -0.2) is 9.78 Å². The van der Waals surface area contributed by atoms with Gasteiger partial charge in [-0.3, -0.25) is 0 Å². The van der Waals surface area contributed by atoms with Crippen molar-refractivity contribution in [1.82, 2.24) is 9.97 Å². The van der Waals surface area contributed by atoms with Crippen LogP contribution >= 0.6 is 0 Å². The minimum atomic E-state index is -0.329. The highest BCUT2D eigenvalue weighted by Crippen LogP contribution is 2.25. The maximum atomic E-state index is 11.8. The van der Waals surface area contributed by atoms with Crippen LogP contribution in [0, 0.1) is 6.92 Å². The van der Waals surface area contributed by atoms with Gasteiger partial charge in [0.05, 0.1) is 12.2 Å². The Morgan fingerprint density at radius 1 is 1.04 bits per heavy atom. The first kappa shape index (κ1) is 19.4. The molecule has 1 N–H and O–H groups in total. The fraction of sp³-hybridized carbons (Fsp3) is 0.227. The van der Waals surface area contributed by atoms with E-state index >= 15 is 0 Å². The molecular weight excluding hydrogens is 352 g/mol. The first-order chi connectivity index (χ1) is 13.6. The lowest BCUT2D eigenvalue weighted by Gasteiger charge is -2.23. The molecule has 0 saturated carbocycles. The summed E-state index contributed by atoms with van der Waals surface area (Å²) in [7, 11) is 0. The topological polar surface area (TPSA) is 67.3 Å². The average molecular weight is 376 g/mol. The summed E-state index contributed by atoms with van der Waals surface area (Å²) in [6.07, 6.45) is 0. The van der Waals surface area contributed by atoms with Crippen LogP contribution in [0.3, 0.4) is 0 Å². The molecule has 28 heavy (non-hydrogen) atoms. The number of nitrogens with zero attached hydrogens (tertiary/aromatic N) is 3. The SMILES string of the molecule is CCOC(=O)c1ccc(Nc2nc(C)cc(N(CC)c3ccccc3)n2)cc1. The van der Waals surface area contributed by atoms with E-state index in [0.29, 0.717) is 18.1 Å². The molecule has 0 bridgehead atoms. The van der Waals surface area contributed by atoms with E-state index in [1.165, 1.54) is 0 Å². The second-order valence-electron chi connectivity index (χ2n) is 6.19. The molecule has 3 aromatic rings. The molecule has 0 unspecified atom stereocenters. The van der Waals surface area contributed by atoms with Crippen LogP contribution in [-0.2, 0) is 4.74 Å². The number of ether oxygens (including phenoxy) is 1. The zero-order valence-corrected chi connectivity index (χ0v) is 16.3. The predicted octanol–water partition coefficient (Wildman–Crippen LogP) is 4.86. The number of benzene rings is 2. The minimum absolute atomic E-state index is 0.329. The van der Waals surface area contributed by atoms with E-state index in [-0.39, 0.29) is 5.97 Å². The monoisotopic (exact) mass is 376 g/mol. The molecule has 0 atom stereocenters. The Bertz CT molecular complexity index is 927. The molecule has 0 amide bonds. The molecule has 1 aromatic heterocycles. The van der Waals surface area contributed by atoms with Gasteiger partial charge < -0.3 is 15.0 Å². The van der Waals surface area contributed by atoms with E-state index < -0.39 is 0 Å². The lowest BCUT2D eigenvalue weighted by molar-refractivity contribution is 0.0526. The average Bonchev–Trinajstić information content (AvgIpc) is 2.70. The molecule has 0 aliphatic carbocycles. The number of nitrogens with one attached hydrogen (secondary N) is 1. The number of hydrogen-bond acceptors (Lipinski definition) is 6. The van der Waals surface area contributed by atoms with Gasteiger partial charge in [-0.2, -0.15) is 4.98 Å². The molecular formula is C22H24N4O2. The van der Waals surface area contributed by atoms with E-state index in [9.17, 15) is 4.79 Å². The fourth-order valence-corrected chi connectivity index (χ4v) is 2.86. The normalized spacial score (nSPS) is 10.4. The molecule has 2 aromatic carbocycles. The van der Waals surface area contributed by atoms with Crippen molar-refractivity contribution in [1.29, 1.82) is 0 Å². The van der Waals surface area contributed by atoms with Crippen LogP contribution in [0.15, 0.2) is 60.7 Å². The van der Waals surface area contributed by atoms with Crippen LogP contribution < -0.4 is 10.2 Å². The molecule has 3 rings (SSSR count). The lowest BCUT2D eigenvalue weighted by atomic mass is 10.2. The number of esters is 1. The Morgan fingerprint density at radius 2 is 1.75 bits per heavy atom. The first-order valence-corrected chi connectivity index (χ1v) is 9.33. The lowest BCUT2D eigenvalue weighted by Crippen LogP contribution is -2.18. The van der Waals surface area contributed by atoms with Gasteiger partial charge in [0.25, 0.3) is 0 Å². The van der Waals surface area contributed by atoms with Gasteiger partial charge in [0.2, 0.25) is 5.95 Å². The summed E-state index contributed by atoms with van der Waals surface area (Å²) in [6, 6.07) is 19.2. The van der Waals surface area contributed by atoms with E-state index in [1.807, 2.05) is 43.3 Å². The highest BCUT2D eigenvalue weighted by atomic mass is 16.5. The number of aromatic nitrogens is 2. The van der Waals surface area contributed by atoms with Gasteiger partial charge in [-0.15, -0.1) is 0 Å². The van der Waals surface area contributed by atoms with E-state index in [2.05, 4.69) is 39.2 Å². The van der Waals surface area contributed by atoms with Crippen LogP contribution in [-0.4, -0.2) is 29.1 Å². The quantitative estimate of drug-likeness (QED) is 0.594. The van der Waals surface area contributed by atoms with Gasteiger partial charge in [0.15, 0.2) is 0 Å². The maximum Gasteiger partial charge on any atom is 0.338 e. The summed E-state index contributed by atoms with van der Waals surface area (Å²) in [6.45, 7) is 6.96. The number of rotatable bonds is 7. The van der Waals surface area contributed by atoms with Crippen molar-refractivity contribution >= 4 is 29.1 Å². The smallest absolute Gasteiger partial charge is 0.338 e. The first-order valence-electron chi connectivity index (χ1n) is 9.33. The summed E-state index contributed by atoms with van der Waals surface area (Å²) >= 11 is 0. The Morgan fingerprint density at radius 3 is 2.39 bits per heavy atom. The van der Waals surface area contributed by atoms with Crippen molar-refractivity contribution < 1.29 is 9.53 Å². The van der Waals surface area contributed by atoms with Gasteiger partial charge in [0, 0.05) is 29.7 Å². The van der Waals surface area contributed by atoms with Crippen molar-refractivity contribution in [3.05, 3.63) is 71.9 Å². The second kappa shape index (κ2) is 8.99. The van der Waals surface area contributed by atoms with Crippen molar-refractivity contribution in [3.63, 3.8) is 0 Å². The molecule has 0 aliphatic heterocycles. The molecule has 144 valence electrons. The van der Waals surface area contributed by atoms with Crippen LogP contribution in [0.1, 0.15) is 29.9 Å². The Balaban J connectivity index is 1.82. The molecule has 1 heterocycles. The second-order valence-corrected chi connectivity index (χ2v) is 6.19. The van der Waals surface area contributed by atoms with E-state index in [1.54, 1.807) is 19.1 Å². The van der Waals surface area contributed by atoms with Crippen molar-refractivity contribution in [2.45, 2.75) is 20.8 Å². The molecule has 6 nitrogen and oxygen atoms in total. The Kier molecular flexibility index (Phi) is 6.22. The Labute approximate surface area is 165 Å². The van der Waals surface area contributed by atoms with Crippen LogP contribution in [0.25, 0.3) is 0 Å². The van der Waals surface area contributed by atoms with Crippen LogP contribution in [0.2, 0.25) is 0 Å². The third kappa shape index (κ3) is 4.65. The zero-order chi connectivity index (χ0) is 19.9. The highest BCUT2D eigenvalue weighted by molar-refractivity contribution is 5.89. The number of carbonyl (C=O) groups is 1. The van der Waals surface area contributed by atoms with Crippen molar-refractivity contribution in [2.75, 3.05) is 23.4 Å². The minimum Gasteiger partial charge on any atom is -0.462 e. The largest absolute Gasteiger partial charge is 0.462 e. The molecule has 0 fully saturated rings. The summed E-state index contributed by atoms with van der Waals surface area (Å²) in [5.74, 6) is 1.00. The van der Waals surface area contributed by atoms with Gasteiger partial charge in [-0.1, -0.05) is 18.2 Å². The van der Waals surface area contributed by atoms with E-state index in [4.69, 9.17) is 4.74 Å². The number of aryl methyl sites for hydroxylation is 1. The predicted molar refractivity (Wildman–Crippen MR) is 112 cm³/mol. The summed E-state index contributed by atoms with van der Waals surface area (Å²) in [5, 5.41) is 3.21. The summed E-state index contributed by atoms with van der Waals surface area (Å²) in [5.41, 5.74) is 3.25. The molecule has 6 heteroatoms. The fourth-order valence-electron chi connectivity index (χ4n) is 2.86. The number of hydrogen-bond donors (Lipinski definition) is 1. The third-order valence-electron chi connectivity index (χ3n) is 4.15. The maximum absolute atomic E-state index is 11.8. The standard InChI is InChI=1S/C22H24N4O2/c1-4-26(19-9-7-6-8-10-19)20-15-16(3)23-22(25-20)24-18-13-11-17(12-14-18)21(27)28-5-2/h6-15H,4-5H2,1-3H3,(H,23,24,25). The molecule has 0 radical (unpaired) electrons. The van der Waals surface area contributed by atoms with Crippen molar-refractivity contribution in [2.24, 2.45) is 0 Å². The number of anilines is 4. The van der Waals surface area contributed by atoms with Crippen molar-refractivity contribution in [3.8, 4) is 0 Å². The molecule has 0 saturated heterocycles. The van der Waals surface area contributed by atoms with Gasteiger partial charge in [-0.05, 0) is 57.2 Å². The van der Waals surface area contributed by atoms with E-state index in [0.717, 1.165) is 29.4 Å². The number of para-hydroxylation sites is 1. The van der Waals surface area contributed by atoms with Crippen LogP contribution in [0.5, 0.6) is 0 Å².